The third-order valence-electron chi connectivity index (χ3n) is 3.16. The highest BCUT2D eigenvalue weighted by Gasteiger charge is 2.10. The highest BCUT2D eigenvalue weighted by Crippen LogP contribution is 2.28. The molecule has 2 rings (SSSR count). The normalized spacial score (nSPS) is 11.8. The number of carbonyl (C=O) groups is 1. The number of aryl methyl sites for hydroxylation is 1. The van der Waals surface area contributed by atoms with Crippen LogP contribution in [-0.4, -0.2) is 19.6 Å². The summed E-state index contributed by atoms with van der Waals surface area (Å²) in [6.45, 7) is 4.28. The van der Waals surface area contributed by atoms with Gasteiger partial charge in [-0.15, -0.1) is 11.3 Å². The van der Waals surface area contributed by atoms with Crippen molar-refractivity contribution in [3.63, 3.8) is 0 Å². The Morgan fingerprint density at radius 3 is 2.86 bits per heavy atom. The van der Waals surface area contributed by atoms with E-state index in [2.05, 4.69) is 35.9 Å². The molecule has 2 N–H and O–H groups in total. The van der Waals surface area contributed by atoms with Gasteiger partial charge in [0.2, 0.25) is 0 Å². The van der Waals surface area contributed by atoms with Crippen LogP contribution in [0.4, 0.5) is 5.69 Å². The van der Waals surface area contributed by atoms with Gasteiger partial charge < -0.3 is 15.4 Å². The molecule has 1 aromatic heterocycles. The SMILES string of the molecule is CNC(=O)COc1cccc(NC(C)c2sccc2C)c1. The van der Waals surface area contributed by atoms with Gasteiger partial charge in [-0.25, -0.2) is 0 Å². The topological polar surface area (TPSA) is 50.4 Å². The number of likely N-dealkylation sites (N-methyl/N-ethyl adjacent to an activating group) is 1. The average Bonchev–Trinajstić information content (AvgIpc) is 2.91. The molecule has 2 aromatic rings. The zero-order valence-electron chi connectivity index (χ0n) is 12.5. The van der Waals surface area contributed by atoms with Crippen molar-refractivity contribution in [2.75, 3.05) is 19.0 Å². The Balaban J connectivity index is 2.01. The molecular weight excluding hydrogens is 284 g/mol. The monoisotopic (exact) mass is 304 g/mol. The predicted octanol–water partition coefficient (Wildman–Crippen LogP) is 3.35. The summed E-state index contributed by atoms with van der Waals surface area (Å²) in [5.74, 6) is 0.537. The average molecular weight is 304 g/mol. The van der Waals surface area contributed by atoms with Crippen LogP contribution in [0.1, 0.15) is 23.4 Å². The standard InChI is InChI=1S/C16H20N2O2S/c1-11-7-8-21-16(11)12(2)18-13-5-4-6-14(9-13)20-10-15(19)17-3/h4-9,12,18H,10H2,1-3H3,(H,17,19). The van der Waals surface area contributed by atoms with Crippen LogP contribution < -0.4 is 15.4 Å². The number of hydrogen-bond acceptors (Lipinski definition) is 4. The van der Waals surface area contributed by atoms with Crippen LogP contribution in [-0.2, 0) is 4.79 Å². The lowest BCUT2D eigenvalue weighted by molar-refractivity contribution is -0.122. The van der Waals surface area contributed by atoms with Gasteiger partial charge >= 0.3 is 0 Å². The van der Waals surface area contributed by atoms with Crippen LogP contribution in [0.5, 0.6) is 5.75 Å². The van der Waals surface area contributed by atoms with E-state index in [9.17, 15) is 4.79 Å². The minimum atomic E-state index is -0.143. The van der Waals surface area contributed by atoms with E-state index in [4.69, 9.17) is 4.74 Å². The van der Waals surface area contributed by atoms with Crippen molar-refractivity contribution in [2.45, 2.75) is 19.9 Å². The van der Waals surface area contributed by atoms with Crippen LogP contribution in [0.15, 0.2) is 35.7 Å². The number of thiophene rings is 1. The maximum absolute atomic E-state index is 11.2. The Kier molecular flexibility index (Phi) is 5.22. The third kappa shape index (κ3) is 4.23. The van der Waals surface area contributed by atoms with Gasteiger partial charge in [0.05, 0.1) is 6.04 Å². The summed E-state index contributed by atoms with van der Waals surface area (Å²) >= 11 is 1.75. The van der Waals surface area contributed by atoms with E-state index in [0.29, 0.717) is 5.75 Å². The summed E-state index contributed by atoms with van der Waals surface area (Å²) in [4.78, 5) is 12.5. The van der Waals surface area contributed by atoms with Crippen molar-refractivity contribution < 1.29 is 9.53 Å². The van der Waals surface area contributed by atoms with Crippen molar-refractivity contribution >= 4 is 22.9 Å². The number of hydrogen-bond donors (Lipinski definition) is 2. The zero-order chi connectivity index (χ0) is 15.2. The van der Waals surface area contributed by atoms with E-state index in [0.717, 1.165) is 5.69 Å². The van der Waals surface area contributed by atoms with Gasteiger partial charge in [-0.05, 0) is 43.0 Å². The van der Waals surface area contributed by atoms with Crippen molar-refractivity contribution in [3.05, 3.63) is 46.2 Å². The second-order valence-electron chi connectivity index (χ2n) is 4.82. The first kappa shape index (κ1) is 15.4. The number of anilines is 1. The van der Waals surface area contributed by atoms with Gasteiger partial charge in [0.1, 0.15) is 5.75 Å². The minimum Gasteiger partial charge on any atom is -0.484 e. The molecule has 0 radical (unpaired) electrons. The van der Waals surface area contributed by atoms with E-state index >= 15 is 0 Å². The number of nitrogens with one attached hydrogen (secondary N) is 2. The van der Waals surface area contributed by atoms with Gasteiger partial charge in [0.15, 0.2) is 6.61 Å². The highest BCUT2D eigenvalue weighted by atomic mass is 32.1. The fourth-order valence-corrected chi connectivity index (χ4v) is 2.98. The molecule has 5 heteroatoms. The van der Waals surface area contributed by atoms with Crippen LogP contribution >= 0.6 is 11.3 Å². The first-order valence-electron chi connectivity index (χ1n) is 6.84. The zero-order valence-corrected chi connectivity index (χ0v) is 13.3. The molecule has 0 bridgehead atoms. The lowest BCUT2D eigenvalue weighted by atomic mass is 10.2. The van der Waals surface area contributed by atoms with Crippen molar-refractivity contribution in [1.82, 2.24) is 5.32 Å². The lowest BCUT2D eigenvalue weighted by Crippen LogP contribution is -2.24. The van der Waals surface area contributed by atoms with E-state index in [1.165, 1.54) is 10.4 Å². The number of ether oxygens (including phenoxy) is 1. The van der Waals surface area contributed by atoms with Gasteiger partial charge in [0.25, 0.3) is 5.91 Å². The van der Waals surface area contributed by atoms with Crippen molar-refractivity contribution in [1.29, 1.82) is 0 Å². The first-order chi connectivity index (χ1) is 10.1. The fraction of sp³-hybridized carbons (Fsp3) is 0.312. The lowest BCUT2D eigenvalue weighted by Gasteiger charge is -2.16. The number of amides is 1. The van der Waals surface area contributed by atoms with E-state index in [1.807, 2.05) is 24.3 Å². The third-order valence-corrected chi connectivity index (χ3v) is 4.36. The molecule has 0 saturated heterocycles. The quantitative estimate of drug-likeness (QED) is 0.860. The highest BCUT2D eigenvalue weighted by molar-refractivity contribution is 7.10. The molecule has 1 amide bonds. The van der Waals surface area contributed by atoms with Gasteiger partial charge in [-0.3, -0.25) is 4.79 Å². The number of carbonyl (C=O) groups excluding carboxylic acids is 1. The summed E-state index contributed by atoms with van der Waals surface area (Å²) in [5.41, 5.74) is 2.27. The van der Waals surface area contributed by atoms with E-state index in [1.54, 1.807) is 18.4 Å². The Morgan fingerprint density at radius 1 is 1.38 bits per heavy atom. The molecule has 0 saturated carbocycles. The maximum atomic E-state index is 11.2. The largest absolute Gasteiger partial charge is 0.484 e. The summed E-state index contributed by atoms with van der Waals surface area (Å²) in [6.07, 6.45) is 0. The molecule has 112 valence electrons. The Bertz CT molecular complexity index is 610. The smallest absolute Gasteiger partial charge is 0.257 e. The second kappa shape index (κ2) is 7.13. The second-order valence-corrected chi connectivity index (χ2v) is 5.77. The molecule has 1 aromatic carbocycles. The molecular formula is C16H20N2O2S. The van der Waals surface area contributed by atoms with E-state index in [-0.39, 0.29) is 18.6 Å². The Hall–Kier alpha value is -2.01. The van der Waals surface area contributed by atoms with Crippen LogP contribution in [0.3, 0.4) is 0 Å². The summed E-state index contributed by atoms with van der Waals surface area (Å²) in [5, 5.41) is 8.09. The predicted molar refractivity (Wildman–Crippen MR) is 87.1 cm³/mol. The number of rotatable bonds is 6. The summed E-state index contributed by atoms with van der Waals surface area (Å²) in [7, 11) is 1.59. The van der Waals surface area contributed by atoms with Gasteiger partial charge in [-0.1, -0.05) is 6.07 Å². The molecule has 0 aliphatic carbocycles. The molecule has 0 aliphatic heterocycles. The molecule has 21 heavy (non-hydrogen) atoms. The summed E-state index contributed by atoms with van der Waals surface area (Å²) < 4.78 is 5.45. The molecule has 4 nitrogen and oxygen atoms in total. The van der Waals surface area contributed by atoms with Crippen molar-refractivity contribution in [2.24, 2.45) is 0 Å². The molecule has 1 unspecified atom stereocenters. The van der Waals surface area contributed by atoms with E-state index < -0.39 is 0 Å². The Labute approximate surface area is 129 Å². The minimum absolute atomic E-state index is 0.0273. The van der Waals surface area contributed by atoms with Gasteiger partial charge in [-0.2, -0.15) is 0 Å². The molecule has 1 atom stereocenters. The molecule has 0 spiro atoms. The van der Waals surface area contributed by atoms with Crippen molar-refractivity contribution in [3.8, 4) is 5.75 Å². The van der Waals surface area contributed by atoms with Crippen LogP contribution in [0, 0.1) is 6.92 Å². The summed E-state index contributed by atoms with van der Waals surface area (Å²) in [6, 6.07) is 10.0. The first-order valence-corrected chi connectivity index (χ1v) is 7.72. The van der Waals surface area contributed by atoms with Gasteiger partial charge in [0, 0.05) is 23.7 Å². The number of benzene rings is 1. The molecule has 0 fully saturated rings. The molecule has 1 heterocycles. The molecule has 0 aliphatic rings. The van der Waals surface area contributed by atoms with Crippen LogP contribution in [0.2, 0.25) is 0 Å². The van der Waals surface area contributed by atoms with Crippen LogP contribution in [0.25, 0.3) is 0 Å². The maximum Gasteiger partial charge on any atom is 0.257 e. The fourth-order valence-electron chi connectivity index (χ4n) is 2.04. The Morgan fingerprint density at radius 2 is 2.19 bits per heavy atom.